The SMILES string of the molecule is CC[C@@H](Oc1ccc2ccccc2c1)C(=O)NCc1ccccc1CN1CCCC1. The van der Waals surface area contributed by atoms with E-state index in [1.165, 1.54) is 24.0 Å². The molecule has 1 aliphatic heterocycles. The van der Waals surface area contributed by atoms with Gasteiger partial charge in [-0.2, -0.15) is 0 Å². The number of carbonyl (C=O) groups excluding carboxylic acids is 1. The molecule has 30 heavy (non-hydrogen) atoms. The highest BCUT2D eigenvalue weighted by Crippen LogP contribution is 2.22. The topological polar surface area (TPSA) is 41.6 Å². The highest BCUT2D eigenvalue weighted by molar-refractivity contribution is 5.84. The molecule has 156 valence electrons. The molecule has 0 aliphatic carbocycles. The molecule has 0 spiro atoms. The van der Waals surface area contributed by atoms with Crippen LogP contribution in [0, 0.1) is 0 Å². The maximum Gasteiger partial charge on any atom is 0.261 e. The molecule has 4 rings (SSSR count). The van der Waals surface area contributed by atoms with Crippen LogP contribution in [0.2, 0.25) is 0 Å². The Balaban J connectivity index is 1.38. The molecule has 3 aromatic rings. The predicted octanol–water partition coefficient (Wildman–Crippen LogP) is 4.91. The minimum atomic E-state index is -0.503. The van der Waals surface area contributed by atoms with Crippen molar-refractivity contribution >= 4 is 16.7 Å². The van der Waals surface area contributed by atoms with E-state index in [0.717, 1.165) is 36.2 Å². The molecule has 1 heterocycles. The van der Waals surface area contributed by atoms with Gasteiger partial charge in [0.15, 0.2) is 6.10 Å². The molecule has 4 heteroatoms. The van der Waals surface area contributed by atoms with E-state index in [-0.39, 0.29) is 5.91 Å². The Hall–Kier alpha value is -2.85. The van der Waals surface area contributed by atoms with E-state index in [1.807, 2.05) is 43.3 Å². The zero-order chi connectivity index (χ0) is 20.8. The van der Waals surface area contributed by atoms with Crippen LogP contribution in [-0.4, -0.2) is 30.0 Å². The van der Waals surface area contributed by atoms with Gasteiger partial charge in [-0.15, -0.1) is 0 Å². The van der Waals surface area contributed by atoms with Crippen molar-refractivity contribution in [2.75, 3.05) is 13.1 Å². The summed E-state index contributed by atoms with van der Waals surface area (Å²) in [4.78, 5) is 15.3. The Kier molecular flexibility index (Phi) is 6.65. The van der Waals surface area contributed by atoms with E-state index in [4.69, 9.17) is 4.74 Å². The van der Waals surface area contributed by atoms with Gasteiger partial charge in [-0.05, 0) is 66.4 Å². The first-order chi connectivity index (χ1) is 14.7. The molecule has 1 amide bonds. The number of carbonyl (C=O) groups is 1. The molecule has 1 N–H and O–H groups in total. The Labute approximate surface area is 178 Å². The van der Waals surface area contributed by atoms with Gasteiger partial charge in [-0.3, -0.25) is 9.69 Å². The lowest BCUT2D eigenvalue weighted by molar-refractivity contribution is -0.128. The minimum Gasteiger partial charge on any atom is -0.481 e. The molecule has 1 atom stereocenters. The van der Waals surface area contributed by atoms with Gasteiger partial charge in [0.05, 0.1) is 0 Å². The summed E-state index contributed by atoms with van der Waals surface area (Å²) in [6.45, 7) is 5.79. The van der Waals surface area contributed by atoms with E-state index < -0.39 is 6.10 Å². The average Bonchev–Trinajstić information content (AvgIpc) is 3.29. The number of hydrogen-bond donors (Lipinski definition) is 1. The van der Waals surface area contributed by atoms with Crippen molar-refractivity contribution < 1.29 is 9.53 Å². The maximum atomic E-state index is 12.8. The average molecular weight is 403 g/mol. The lowest BCUT2D eigenvalue weighted by Crippen LogP contribution is -2.37. The summed E-state index contributed by atoms with van der Waals surface area (Å²) in [6.07, 6.45) is 2.68. The summed E-state index contributed by atoms with van der Waals surface area (Å²) < 4.78 is 6.04. The molecule has 0 unspecified atom stereocenters. The van der Waals surface area contributed by atoms with Crippen LogP contribution in [0.15, 0.2) is 66.7 Å². The first-order valence-corrected chi connectivity index (χ1v) is 11.0. The molecule has 0 radical (unpaired) electrons. The molecular formula is C26H30N2O2. The van der Waals surface area contributed by atoms with Gasteiger partial charge in [-0.25, -0.2) is 0 Å². The second-order valence-corrected chi connectivity index (χ2v) is 7.99. The summed E-state index contributed by atoms with van der Waals surface area (Å²) in [5.74, 6) is 0.659. The Morgan fingerprint density at radius 2 is 1.67 bits per heavy atom. The van der Waals surface area contributed by atoms with Gasteiger partial charge < -0.3 is 10.1 Å². The zero-order valence-electron chi connectivity index (χ0n) is 17.6. The van der Waals surface area contributed by atoms with Crippen LogP contribution in [0.4, 0.5) is 0 Å². The van der Waals surface area contributed by atoms with E-state index in [0.29, 0.717) is 13.0 Å². The molecule has 1 fully saturated rings. The largest absolute Gasteiger partial charge is 0.481 e. The molecule has 0 aromatic heterocycles. The van der Waals surface area contributed by atoms with Crippen molar-refractivity contribution in [2.45, 2.75) is 45.4 Å². The third kappa shape index (κ3) is 5.00. The van der Waals surface area contributed by atoms with Gasteiger partial charge in [0, 0.05) is 13.1 Å². The Bertz CT molecular complexity index is 995. The van der Waals surface area contributed by atoms with Gasteiger partial charge in [0.2, 0.25) is 0 Å². The summed E-state index contributed by atoms with van der Waals surface area (Å²) in [6, 6.07) is 22.5. The Morgan fingerprint density at radius 1 is 0.967 bits per heavy atom. The minimum absolute atomic E-state index is 0.0679. The van der Waals surface area contributed by atoms with Crippen LogP contribution in [0.3, 0.4) is 0 Å². The van der Waals surface area contributed by atoms with E-state index in [2.05, 4.69) is 40.5 Å². The first-order valence-electron chi connectivity index (χ1n) is 11.0. The van der Waals surface area contributed by atoms with Gasteiger partial charge in [0.1, 0.15) is 5.75 Å². The number of amides is 1. The highest BCUT2D eigenvalue weighted by Gasteiger charge is 2.19. The first kappa shape index (κ1) is 20.4. The number of benzene rings is 3. The van der Waals surface area contributed by atoms with Crippen LogP contribution >= 0.6 is 0 Å². The number of ether oxygens (including phenoxy) is 1. The van der Waals surface area contributed by atoms with Crippen molar-refractivity contribution in [1.29, 1.82) is 0 Å². The maximum absolute atomic E-state index is 12.8. The molecule has 3 aromatic carbocycles. The smallest absolute Gasteiger partial charge is 0.261 e. The van der Waals surface area contributed by atoms with Gasteiger partial charge in [0.25, 0.3) is 5.91 Å². The lowest BCUT2D eigenvalue weighted by atomic mass is 10.1. The zero-order valence-corrected chi connectivity index (χ0v) is 17.6. The molecule has 0 saturated carbocycles. The van der Waals surface area contributed by atoms with E-state index >= 15 is 0 Å². The summed E-state index contributed by atoms with van der Waals surface area (Å²) in [5, 5.41) is 5.37. The molecule has 0 bridgehead atoms. The highest BCUT2D eigenvalue weighted by atomic mass is 16.5. The van der Waals surface area contributed by atoms with Gasteiger partial charge >= 0.3 is 0 Å². The normalized spacial score (nSPS) is 15.2. The standard InChI is InChI=1S/C26H30N2O2/c1-2-25(30-24-14-13-20-9-3-4-10-21(20)17-24)26(29)27-18-22-11-5-6-12-23(22)19-28-15-7-8-16-28/h3-6,9-14,17,25H,2,7-8,15-16,18-19H2,1H3,(H,27,29)/t25-/m1/s1. The second-order valence-electron chi connectivity index (χ2n) is 7.99. The van der Waals surface area contributed by atoms with Crippen LogP contribution < -0.4 is 10.1 Å². The fourth-order valence-corrected chi connectivity index (χ4v) is 4.09. The van der Waals surface area contributed by atoms with Crippen molar-refractivity contribution in [1.82, 2.24) is 10.2 Å². The number of rotatable bonds is 8. The fourth-order valence-electron chi connectivity index (χ4n) is 4.09. The third-order valence-electron chi connectivity index (χ3n) is 5.83. The van der Waals surface area contributed by atoms with Gasteiger partial charge in [-0.1, -0.05) is 61.5 Å². The number of hydrogen-bond acceptors (Lipinski definition) is 3. The number of nitrogens with one attached hydrogen (secondary N) is 1. The molecule has 1 aliphatic rings. The lowest BCUT2D eigenvalue weighted by Gasteiger charge is -2.20. The number of fused-ring (bicyclic) bond motifs is 1. The van der Waals surface area contributed by atoms with Crippen LogP contribution in [0.25, 0.3) is 10.8 Å². The van der Waals surface area contributed by atoms with E-state index in [1.54, 1.807) is 0 Å². The summed E-state index contributed by atoms with van der Waals surface area (Å²) >= 11 is 0. The quantitative estimate of drug-likeness (QED) is 0.582. The van der Waals surface area contributed by atoms with Crippen molar-refractivity contribution in [3.8, 4) is 5.75 Å². The number of likely N-dealkylation sites (tertiary alicyclic amines) is 1. The summed E-state index contributed by atoms with van der Waals surface area (Å²) in [5.41, 5.74) is 2.47. The third-order valence-corrected chi connectivity index (χ3v) is 5.83. The number of nitrogens with zero attached hydrogens (tertiary/aromatic N) is 1. The second kappa shape index (κ2) is 9.77. The van der Waals surface area contributed by atoms with Crippen LogP contribution in [0.1, 0.15) is 37.3 Å². The van der Waals surface area contributed by atoms with Crippen LogP contribution in [0.5, 0.6) is 5.75 Å². The monoisotopic (exact) mass is 402 g/mol. The van der Waals surface area contributed by atoms with Crippen molar-refractivity contribution in [3.63, 3.8) is 0 Å². The van der Waals surface area contributed by atoms with Crippen LogP contribution in [-0.2, 0) is 17.9 Å². The van der Waals surface area contributed by atoms with Crippen molar-refractivity contribution in [3.05, 3.63) is 77.9 Å². The molecular weight excluding hydrogens is 372 g/mol. The summed E-state index contributed by atoms with van der Waals surface area (Å²) in [7, 11) is 0. The predicted molar refractivity (Wildman–Crippen MR) is 121 cm³/mol. The molecule has 4 nitrogen and oxygen atoms in total. The molecule has 1 saturated heterocycles. The Morgan fingerprint density at radius 3 is 2.43 bits per heavy atom. The van der Waals surface area contributed by atoms with E-state index in [9.17, 15) is 4.79 Å². The van der Waals surface area contributed by atoms with Crippen molar-refractivity contribution in [2.24, 2.45) is 0 Å². The fraction of sp³-hybridized carbons (Fsp3) is 0.346.